The maximum Gasteiger partial charge on any atom is 0.418 e. The van der Waals surface area contributed by atoms with Crippen molar-refractivity contribution in [3.8, 4) is 5.88 Å². The van der Waals surface area contributed by atoms with Gasteiger partial charge in [-0.05, 0) is 24.1 Å². The molecule has 0 atom stereocenters. The van der Waals surface area contributed by atoms with E-state index >= 15 is 0 Å². The number of hydrogen-bond acceptors (Lipinski definition) is 1. The summed E-state index contributed by atoms with van der Waals surface area (Å²) in [6, 6.07) is 6.14. The number of aromatic nitrogens is 1. The topological polar surface area (TPSA) is 13.6 Å². The van der Waals surface area contributed by atoms with Crippen LogP contribution in [0.2, 0.25) is 0 Å². The van der Waals surface area contributed by atoms with Gasteiger partial charge in [-0.2, -0.15) is 13.2 Å². The molecule has 0 saturated carbocycles. The molecule has 2 aromatic rings. The highest BCUT2D eigenvalue weighted by Gasteiger charge is 2.36. The van der Waals surface area contributed by atoms with E-state index < -0.39 is 11.7 Å². The third kappa shape index (κ3) is 1.94. The first-order valence-corrected chi connectivity index (χ1v) is 5.61. The van der Waals surface area contributed by atoms with Crippen LogP contribution in [0.15, 0.2) is 24.3 Å². The number of alkyl halides is 3. The quantitative estimate of drug-likeness (QED) is 0.790. The largest absolute Gasteiger partial charge is 0.482 e. The van der Waals surface area contributed by atoms with Crippen molar-refractivity contribution >= 4 is 5.52 Å². The molecular formula is C13H14F3NO. The lowest BCUT2D eigenvalue weighted by Crippen LogP contribution is -2.10. The molecule has 2 aromatic heterocycles. The lowest BCUT2D eigenvalue weighted by molar-refractivity contribution is -0.138. The van der Waals surface area contributed by atoms with Gasteiger partial charge in [0.1, 0.15) is 0 Å². The summed E-state index contributed by atoms with van der Waals surface area (Å²) >= 11 is 0. The van der Waals surface area contributed by atoms with Gasteiger partial charge < -0.3 is 4.74 Å². The number of fused-ring (bicyclic) bond motifs is 1. The first kappa shape index (κ1) is 12.8. The van der Waals surface area contributed by atoms with Gasteiger partial charge in [-0.1, -0.05) is 19.9 Å². The van der Waals surface area contributed by atoms with Crippen LogP contribution >= 0.6 is 0 Å². The van der Waals surface area contributed by atoms with Gasteiger partial charge >= 0.3 is 6.18 Å². The van der Waals surface area contributed by atoms with E-state index in [0.29, 0.717) is 11.4 Å². The van der Waals surface area contributed by atoms with Crippen molar-refractivity contribution in [3.63, 3.8) is 0 Å². The minimum absolute atomic E-state index is 0.231. The average Bonchev–Trinajstić information content (AvgIpc) is 2.67. The molecule has 0 bridgehead atoms. The van der Waals surface area contributed by atoms with Crippen molar-refractivity contribution in [1.82, 2.24) is 4.40 Å². The van der Waals surface area contributed by atoms with Crippen molar-refractivity contribution in [1.29, 1.82) is 0 Å². The second-order valence-electron chi connectivity index (χ2n) is 4.42. The Balaban J connectivity index is 2.86. The van der Waals surface area contributed by atoms with E-state index in [4.69, 9.17) is 4.74 Å². The van der Waals surface area contributed by atoms with Crippen LogP contribution in [0.5, 0.6) is 5.88 Å². The van der Waals surface area contributed by atoms with Gasteiger partial charge in [-0.15, -0.1) is 0 Å². The maximum atomic E-state index is 13.0. The molecule has 0 saturated heterocycles. The van der Waals surface area contributed by atoms with Crippen molar-refractivity contribution in [2.24, 2.45) is 0 Å². The van der Waals surface area contributed by atoms with Crippen molar-refractivity contribution < 1.29 is 17.9 Å². The van der Waals surface area contributed by atoms with Crippen LogP contribution in [0.1, 0.15) is 31.0 Å². The normalized spacial score (nSPS) is 12.4. The SMILES string of the molecule is COc1cccc2cc(C(F)(F)F)c(C(C)C)n12. The molecule has 0 N–H and O–H groups in total. The van der Waals surface area contributed by atoms with Crippen LogP contribution in [0.25, 0.3) is 5.52 Å². The molecule has 0 amide bonds. The Morgan fingerprint density at radius 3 is 2.39 bits per heavy atom. The van der Waals surface area contributed by atoms with E-state index in [2.05, 4.69) is 0 Å². The van der Waals surface area contributed by atoms with Gasteiger partial charge in [0.2, 0.25) is 0 Å². The van der Waals surface area contributed by atoms with Crippen molar-refractivity contribution in [3.05, 3.63) is 35.5 Å². The van der Waals surface area contributed by atoms with Gasteiger partial charge in [0.15, 0.2) is 5.88 Å². The Morgan fingerprint density at radius 2 is 1.89 bits per heavy atom. The number of ether oxygens (including phenoxy) is 1. The standard InChI is InChI=1S/C13H14F3NO/c1-8(2)12-10(13(14,15)16)7-9-5-4-6-11(18-3)17(9)12/h4-8H,1-3H3. The fourth-order valence-electron chi connectivity index (χ4n) is 2.17. The molecule has 0 radical (unpaired) electrons. The Hall–Kier alpha value is -1.65. The van der Waals surface area contributed by atoms with Crippen LogP contribution < -0.4 is 4.74 Å². The zero-order valence-corrected chi connectivity index (χ0v) is 10.4. The van der Waals surface area contributed by atoms with Crippen LogP contribution in [0.3, 0.4) is 0 Å². The predicted molar refractivity (Wildman–Crippen MR) is 63.0 cm³/mol. The molecule has 18 heavy (non-hydrogen) atoms. The highest BCUT2D eigenvalue weighted by molar-refractivity contribution is 5.57. The third-order valence-corrected chi connectivity index (χ3v) is 2.85. The Kier molecular flexibility index (Phi) is 3.00. The zero-order chi connectivity index (χ0) is 13.5. The molecule has 98 valence electrons. The van der Waals surface area contributed by atoms with Crippen LogP contribution in [0.4, 0.5) is 13.2 Å². The number of halogens is 3. The lowest BCUT2D eigenvalue weighted by atomic mass is 10.1. The monoisotopic (exact) mass is 257 g/mol. The van der Waals surface area contributed by atoms with Gasteiger partial charge in [-0.25, -0.2) is 0 Å². The smallest absolute Gasteiger partial charge is 0.418 e. The van der Waals surface area contributed by atoms with E-state index in [9.17, 15) is 13.2 Å². The van der Waals surface area contributed by atoms with Crippen LogP contribution in [0, 0.1) is 0 Å². The summed E-state index contributed by atoms with van der Waals surface area (Å²) in [5.41, 5.74) is 0.127. The molecule has 0 spiro atoms. The Bertz CT molecular complexity index is 569. The number of rotatable bonds is 2. The molecule has 2 heterocycles. The second-order valence-corrected chi connectivity index (χ2v) is 4.42. The van der Waals surface area contributed by atoms with Crippen molar-refractivity contribution in [2.75, 3.05) is 7.11 Å². The minimum Gasteiger partial charge on any atom is -0.482 e. The van der Waals surface area contributed by atoms with E-state index in [0.717, 1.165) is 6.07 Å². The van der Waals surface area contributed by atoms with E-state index in [-0.39, 0.29) is 11.6 Å². The first-order chi connectivity index (χ1) is 8.36. The van der Waals surface area contributed by atoms with Crippen LogP contribution in [-0.2, 0) is 6.18 Å². The fourth-order valence-corrected chi connectivity index (χ4v) is 2.17. The summed E-state index contributed by atoms with van der Waals surface area (Å²) in [4.78, 5) is 0. The highest BCUT2D eigenvalue weighted by atomic mass is 19.4. The molecule has 2 nitrogen and oxygen atoms in total. The fraction of sp³-hybridized carbons (Fsp3) is 0.385. The van der Waals surface area contributed by atoms with Crippen LogP contribution in [-0.4, -0.2) is 11.5 Å². The van der Waals surface area contributed by atoms with E-state index in [1.54, 1.807) is 32.0 Å². The number of pyridine rings is 1. The molecule has 2 rings (SSSR count). The maximum absolute atomic E-state index is 13.0. The molecule has 0 fully saturated rings. The van der Waals surface area contributed by atoms with Gasteiger partial charge in [0.25, 0.3) is 0 Å². The second kappa shape index (κ2) is 4.23. The molecule has 0 unspecified atom stereocenters. The van der Waals surface area contributed by atoms with Crippen molar-refractivity contribution in [2.45, 2.75) is 25.9 Å². The molecule has 0 aromatic carbocycles. The average molecular weight is 257 g/mol. The van der Waals surface area contributed by atoms with Gasteiger partial charge in [0, 0.05) is 11.2 Å². The summed E-state index contributed by atoms with van der Waals surface area (Å²) in [7, 11) is 1.45. The van der Waals surface area contributed by atoms with E-state index in [1.807, 2.05) is 0 Å². The zero-order valence-electron chi connectivity index (χ0n) is 10.4. The van der Waals surface area contributed by atoms with Gasteiger partial charge in [0.05, 0.1) is 12.7 Å². The summed E-state index contributed by atoms with van der Waals surface area (Å²) in [6.45, 7) is 3.48. The predicted octanol–water partition coefficient (Wildman–Crippen LogP) is 4.09. The lowest BCUT2D eigenvalue weighted by Gasteiger charge is -2.14. The molecule has 0 aliphatic carbocycles. The summed E-state index contributed by atoms with van der Waals surface area (Å²) in [5.74, 6) is 0.159. The molecular weight excluding hydrogens is 243 g/mol. The molecule has 0 aliphatic rings. The number of nitrogens with zero attached hydrogens (tertiary/aromatic N) is 1. The highest BCUT2D eigenvalue weighted by Crippen LogP contribution is 2.38. The first-order valence-electron chi connectivity index (χ1n) is 5.61. The third-order valence-electron chi connectivity index (χ3n) is 2.85. The Morgan fingerprint density at radius 1 is 1.22 bits per heavy atom. The number of hydrogen-bond donors (Lipinski definition) is 0. The minimum atomic E-state index is -4.35. The Labute approximate surface area is 103 Å². The summed E-state index contributed by atoms with van der Waals surface area (Å²) < 4.78 is 45.7. The summed E-state index contributed by atoms with van der Waals surface area (Å²) in [5, 5.41) is 0. The number of methoxy groups -OCH3 is 1. The molecule has 5 heteroatoms. The molecule has 0 aliphatic heterocycles. The van der Waals surface area contributed by atoms with Gasteiger partial charge in [-0.3, -0.25) is 4.40 Å². The van der Waals surface area contributed by atoms with E-state index in [1.165, 1.54) is 11.5 Å². The summed E-state index contributed by atoms with van der Waals surface area (Å²) in [6.07, 6.45) is -4.35.